The molecule has 1 N–H and O–H groups in total. The van der Waals surface area contributed by atoms with E-state index in [0.717, 1.165) is 34.4 Å². The van der Waals surface area contributed by atoms with E-state index in [0.29, 0.717) is 18.6 Å². The molecule has 0 unspecified atom stereocenters. The van der Waals surface area contributed by atoms with Crippen LogP contribution in [0.15, 0.2) is 12.1 Å². The third kappa shape index (κ3) is 2.66. The number of benzene rings is 1. The van der Waals surface area contributed by atoms with Crippen LogP contribution >= 0.6 is 0 Å². The third-order valence-corrected chi connectivity index (χ3v) is 5.08. The number of hydrogen-bond acceptors (Lipinski definition) is 4. The maximum Gasteiger partial charge on any atom is 0.331 e. The Labute approximate surface area is 141 Å². The fourth-order valence-corrected chi connectivity index (χ4v) is 3.50. The van der Waals surface area contributed by atoms with Gasteiger partial charge in [0.15, 0.2) is 0 Å². The third-order valence-electron chi connectivity index (χ3n) is 5.08. The molecule has 1 saturated carbocycles. The number of carbonyl (C=O) groups excluding carboxylic acids is 3. The monoisotopic (exact) mass is 330 g/mol. The molecule has 1 aromatic carbocycles. The molecule has 6 heteroatoms. The van der Waals surface area contributed by atoms with Crippen molar-refractivity contribution in [2.45, 2.75) is 52.0 Å². The standard InChI is InChI=1S/C18H22N2O4/c1-11-6-7-12(2)15(13(11)3)24-14(21)10-20-16(22)18(19-17(20)23)8-4-5-9-18/h6-7H,4-5,8-10H2,1-3H3,(H,19,23). The molecule has 0 bridgehead atoms. The van der Waals surface area contributed by atoms with Crippen LogP contribution in [0.25, 0.3) is 0 Å². The fraction of sp³-hybridized carbons (Fsp3) is 0.500. The zero-order valence-electron chi connectivity index (χ0n) is 14.3. The molecular formula is C18H22N2O4. The molecule has 1 aliphatic heterocycles. The predicted octanol–water partition coefficient (Wildman–Crippen LogP) is 2.38. The Hall–Kier alpha value is -2.37. The van der Waals surface area contributed by atoms with Gasteiger partial charge in [-0.2, -0.15) is 0 Å². The summed E-state index contributed by atoms with van der Waals surface area (Å²) < 4.78 is 5.45. The van der Waals surface area contributed by atoms with Gasteiger partial charge >= 0.3 is 12.0 Å². The summed E-state index contributed by atoms with van der Waals surface area (Å²) in [4.78, 5) is 37.9. The number of urea groups is 1. The Morgan fingerprint density at radius 1 is 1.17 bits per heavy atom. The van der Waals surface area contributed by atoms with Crippen LogP contribution in [-0.2, 0) is 9.59 Å². The average molecular weight is 330 g/mol. The van der Waals surface area contributed by atoms with E-state index < -0.39 is 17.5 Å². The summed E-state index contributed by atoms with van der Waals surface area (Å²) in [6.45, 7) is 5.31. The van der Waals surface area contributed by atoms with Crippen LogP contribution in [0.5, 0.6) is 5.75 Å². The topological polar surface area (TPSA) is 75.7 Å². The lowest BCUT2D eigenvalue weighted by Gasteiger charge is -2.20. The smallest absolute Gasteiger partial charge is 0.331 e. The summed E-state index contributed by atoms with van der Waals surface area (Å²) in [6.07, 6.45) is 3.09. The summed E-state index contributed by atoms with van der Waals surface area (Å²) in [7, 11) is 0. The van der Waals surface area contributed by atoms with E-state index in [1.54, 1.807) is 0 Å². The van der Waals surface area contributed by atoms with E-state index in [4.69, 9.17) is 4.74 Å². The minimum Gasteiger partial charge on any atom is -0.425 e. The van der Waals surface area contributed by atoms with Crippen molar-refractivity contribution in [3.05, 3.63) is 28.8 Å². The van der Waals surface area contributed by atoms with Crippen molar-refractivity contribution in [1.82, 2.24) is 10.2 Å². The highest BCUT2D eigenvalue weighted by atomic mass is 16.5. The number of aryl methyl sites for hydroxylation is 2. The SMILES string of the molecule is Cc1ccc(C)c(OC(=O)CN2C(=O)NC3(CCCC3)C2=O)c1C. The molecule has 1 spiro atoms. The van der Waals surface area contributed by atoms with Gasteiger partial charge in [-0.05, 0) is 50.3 Å². The second kappa shape index (κ2) is 5.92. The Morgan fingerprint density at radius 2 is 1.79 bits per heavy atom. The molecule has 0 radical (unpaired) electrons. The quantitative estimate of drug-likeness (QED) is 0.524. The van der Waals surface area contributed by atoms with Crippen molar-refractivity contribution in [2.24, 2.45) is 0 Å². The van der Waals surface area contributed by atoms with Crippen LogP contribution in [0.3, 0.4) is 0 Å². The van der Waals surface area contributed by atoms with Gasteiger partial charge in [-0.15, -0.1) is 0 Å². The highest BCUT2D eigenvalue weighted by Gasteiger charge is 2.52. The van der Waals surface area contributed by atoms with E-state index >= 15 is 0 Å². The van der Waals surface area contributed by atoms with Gasteiger partial charge in [0.1, 0.15) is 17.8 Å². The molecule has 1 aromatic rings. The van der Waals surface area contributed by atoms with Crippen LogP contribution in [0.4, 0.5) is 4.79 Å². The molecule has 3 rings (SSSR count). The van der Waals surface area contributed by atoms with Crippen LogP contribution in [-0.4, -0.2) is 34.9 Å². The lowest BCUT2D eigenvalue weighted by atomic mass is 9.98. The van der Waals surface area contributed by atoms with Crippen LogP contribution < -0.4 is 10.1 Å². The fourth-order valence-electron chi connectivity index (χ4n) is 3.50. The van der Waals surface area contributed by atoms with Gasteiger partial charge in [0.25, 0.3) is 5.91 Å². The number of imide groups is 1. The molecule has 6 nitrogen and oxygen atoms in total. The molecule has 3 amide bonds. The number of nitrogens with one attached hydrogen (secondary N) is 1. The highest BCUT2D eigenvalue weighted by Crippen LogP contribution is 2.35. The molecule has 2 aliphatic rings. The predicted molar refractivity (Wildman–Crippen MR) is 87.7 cm³/mol. The largest absolute Gasteiger partial charge is 0.425 e. The number of ether oxygens (including phenoxy) is 1. The summed E-state index contributed by atoms with van der Waals surface area (Å²) in [5.41, 5.74) is 1.94. The molecule has 2 fully saturated rings. The van der Waals surface area contributed by atoms with Gasteiger partial charge in [-0.25, -0.2) is 9.59 Å². The van der Waals surface area contributed by atoms with E-state index in [-0.39, 0.29) is 12.5 Å². The zero-order chi connectivity index (χ0) is 17.5. The summed E-state index contributed by atoms with van der Waals surface area (Å²) in [6, 6.07) is 3.34. The second-order valence-electron chi connectivity index (χ2n) is 6.74. The van der Waals surface area contributed by atoms with Gasteiger partial charge in [-0.3, -0.25) is 9.69 Å². The van der Waals surface area contributed by atoms with Crippen LogP contribution in [0, 0.1) is 20.8 Å². The number of rotatable bonds is 3. The van der Waals surface area contributed by atoms with Gasteiger partial charge < -0.3 is 10.1 Å². The number of amides is 3. The summed E-state index contributed by atoms with van der Waals surface area (Å²) >= 11 is 0. The zero-order valence-corrected chi connectivity index (χ0v) is 14.3. The first kappa shape index (κ1) is 16.5. The van der Waals surface area contributed by atoms with Crippen molar-refractivity contribution in [3.8, 4) is 5.75 Å². The van der Waals surface area contributed by atoms with E-state index in [9.17, 15) is 14.4 Å². The first-order valence-electron chi connectivity index (χ1n) is 8.26. The molecule has 1 heterocycles. The Balaban J connectivity index is 1.73. The molecule has 24 heavy (non-hydrogen) atoms. The molecular weight excluding hydrogens is 308 g/mol. The number of esters is 1. The minimum absolute atomic E-state index is 0.306. The number of nitrogens with zero attached hydrogens (tertiary/aromatic N) is 1. The maximum absolute atomic E-state index is 12.6. The van der Waals surface area contributed by atoms with Crippen LogP contribution in [0.1, 0.15) is 42.4 Å². The lowest BCUT2D eigenvalue weighted by Crippen LogP contribution is -2.44. The van der Waals surface area contributed by atoms with Crippen molar-refractivity contribution in [2.75, 3.05) is 6.54 Å². The van der Waals surface area contributed by atoms with Crippen molar-refractivity contribution in [3.63, 3.8) is 0 Å². The van der Waals surface area contributed by atoms with E-state index in [1.165, 1.54) is 0 Å². The van der Waals surface area contributed by atoms with Crippen molar-refractivity contribution >= 4 is 17.9 Å². The summed E-state index contributed by atoms with van der Waals surface area (Å²) in [5, 5.41) is 2.76. The molecule has 0 aromatic heterocycles. The average Bonchev–Trinajstić information content (AvgIpc) is 3.09. The number of carbonyl (C=O) groups is 3. The Kier molecular flexibility index (Phi) is 4.07. The van der Waals surface area contributed by atoms with Crippen molar-refractivity contribution < 1.29 is 19.1 Å². The molecule has 1 saturated heterocycles. The molecule has 0 atom stereocenters. The maximum atomic E-state index is 12.6. The lowest BCUT2D eigenvalue weighted by molar-refractivity contribution is -0.141. The van der Waals surface area contributed by atoms with Gasteiger partial charge in [0, 0.05) is 0 Å². The first-order chi connectivity index (χ1) is 11.3. The molecule has 128 valence electrons. The normalized spacial score (nSPS) is 19.0. The Bertz CT molecular complexity index is 720. The minimum atomic E-state index is -0.799. The molecule has 1 aliphatic carbocycles. The summed E-state index contributed by atoms with van der Waals surface area (Å²) in [5.74, 6) is -0.410. The first-order valence-corrected chi connectivity index (χ1v) is 8.26. The van der Waals surface area contributed by atoms with Crippen LogP contribution in [0.2, 0.25) is 0 Å². The van der Waals surface area contributed by atoms with E-state index in [1.807, 2.05) is 32.9 Å². The van der Waals surface area contributed by atoms with Gasteiger partial charge in [-0.1, -0.05) is 25.0 Å². The van der Waals surface area contributed by atoms with Gasteiger partial charge in [0.05, 0.1) is 0 Å². The second-order valence-corrected chi connectivity index (χ2v) is 6.74. The van der Waals surface area contributed by atoms with Gasteiger partial charge in [0.2, 0.25) is 0 Å². The number of hydrogen-bond donors (Lipinski definition) is 1. The Morgan fingerprint density at radius 3 is 2.46 bits per heavy atom. The van der Waals surface area contributed by atoms with Crippen molar-refractivity contribution in [1.29, 1.82) is 0 Å². The highest BCUT2D eigenvalue weighted by molar-refractivity contribution is 6.08. The van der Waals surface area contributed by atoms with E-state index in [2.05, 4.69) is 5.32 Å².